The Kier molecular flexibility index (Phi) is 7.69. The van der Waals surface area contributed by atoms with Crippen LogP contribution in [0.4, 0.5) is 0 Å². The third-order valence-corrected chi connectivity index (χ3v) is 2.33. The molecule has 0 aliphatic carbocycles. The molecule has 0 saturated heterocycles. The van der Waals surface area contributed by atoms with E-state index in [9.17, 15) is 4.79 Å². The van der Waals surface area contributed by atoms with E-state index in [-0.39, 0.29) is 11.8 Å². The zero-order chi connectivity index (χ0) is 10.1. The zero-order valence-electron chi connectivity index (χ0n) is 8.81. The van der Waals surface area contributed by atoms with E-state index >= 15 is 0 Å². The van der Waals surface area contributed by atoms with Gasteiger partial charge in [0.2, 0.25) is 5.91 Å². The fourth-order valence-electron chi connectivity index (χ4n) is 1.33. The smallest absolute Gasteiger partial charge is 0.236 e. The van der Waals surface area contributed by atoms with Crippen molar-refractivity contribution in [2.24, 2.45) is 11.8 Å². The number of carbonyl (C=O) groups is 1. The first-order valence-electron chi connectivity index (χ1n) is 5.22. The number of nitrogens with one attached hydrogen (secondary N) is 1. The number of rotatable bonds is 7. The molecule has 3 nitrogen and oxygen atoms in total. The molecule has 0 spiro atoms. The van der Waals surface area contributed by atoms with Crippen molar-refractivity contribution in [3.05, 3.63) is 0 Å². The van der Waals surface area contributed by atoms with Crippen molar-refractivity contribution in [3.8, 4) is 0 Å². The van der Waals surface area contributed by atoms with Crippen LogP contribution < -0.4 is 11.3 Å². The molecule has 1 atom stereocenters. The van der Waals surface area contributed by atoms with E-state index in [1.54, 1.807) is 0 Å². The average Bonchev–Trinajstić information content (AvgIpc) is 2.16. The van der Waals surface area contributed by atoms with Gasteiger partial charge in [-0.25, -0.2) is 5.84 Å². The van der Waals surface area contributed by atoms with Gasteiger partial charge in [0.1, 0.15) is 0 Å². The Bertz CT molecular complexity index is 137. The molecule has 78 valence electrons. The molecule has 13 heavy (non-hydrogen) atoms. The summed E-state index contributed by atoms with van der Waals surface area (Å²) in [6, 6.07) is 0. The van der Waals surface area contributed by atoms with Gasteiger partial charge in [-0.3, -0.25) is 10.2 Å². The Morgan fingerprint density at radius 2 is 1.92 bits per heavy atom. The molecule has 0 aliphatic rings. The highest BCUT2D eigenvalue weighted by Crippen LogP contribution is 2.10. The molecule has 0 fully saturated rings. The van der Waals surface area contributed by atoms with Crippen LogP contribution in [-0.2, 0) is 4.79 Å². The van der Waals surface area contributed by atoms with Gasteiger partial charge in [0.05, 0.1) is 0 Å². The normalized spacial score (nSPS) is 12.5. The summed E-state index contributed by atoms with van der Waals surface area (Å²) in [7, 11) is 0. The van der Waals surface area contributed by atoms with Gasteiger partial charge in [-0.15, -0.1) is 0 Å². The molecule has 1 unspecified atom stereocenters. The molecule has 3 N–H and O–H groups in total. The van der Waals surface area contributed by atoms with E-state index in [2.05, 4.69) is 12.3 Å². The van der Waals surface area contributed by atoms with Crippen LogP contribution in [0.15, 0.2) is 0 Å². The fourth-order valence-corrected chi connectivity index (χ4v) is 1.33. The maximum Gasteiger partial charge on any atom is 0.236 e. The minimum absolute atomic E-state index is 0.0458. The van der Waals surface area contributed by atoms with Gasteiger partial charge in [0.15, 0.2) is 0 Å². The standard InChI is InChI=1S/C10H22N2O/c1-3-4-5-6-7-8-9(2)10(13)12-11/h9H,3-8,11H2,1-2H3,(H,12,13). The summed E-state index contributed by atoms with van der Waals surface area (Å²) >= 11 is 0. The molecule has 0 rings (SSSR count). The number of carbonyl (C=O) groups excluding carboxylic acids is 1. The lowest BCUT2D eigenvalue weighted by Crippen LogP contribution is -2.34. The van der Waals surface area contributed by atoms with Gasteiger partial charge in [-0.05, 0) is 6.42 Å². The van der Waals surface area contributed by atoms with Crippen molar-refractivity contribution in [1.29, 1.82) is 0 Å². The van der Waals surface area contributed by atoms with Crippen LogP contribution >= 0.6 is 0 Å². The lowest BCUT2D eigenvalue weighted by atomic mass is 10.0. The first-order chi connectivity index (χ1) is 6.22. The largest absolute Gasteiger partial charge is 0.294 e. The van der Waals surface area contributed by atoms with Gasteiger partial charge in [-0.1, -0.05) is 46.0 Å². The minimum atomic E-state index is -0.0458. The average molecular weight is 186 g/mol. The van der Waals surface area contributed by atoms with Crippen LogP contribution in [0, 0.1) is 5.92 Å². The molecule has 0 heterocycles. The number of hydrogen-bond donors (Lipinski definition) is 2. The fraction of sp³-hybridized carbons (Fsp3) is 0.900. The topological polar surface area (TPSA) is 55.1 Å². The number of hydrazine groups is 1. The van der Waals surface area contributed by atoms with Gasteiger partial charge in [0.25, 0.3) is 0 Å². The summed E-state index contributed by atoms with van der Waals surface area (Å²) in [5.74, 6) is 5.04. The van der Waals surface area contributed by atoms with Crippen molar-refractivity contribution >= 4 is 5.91 Å². The molecular formula is C10H22N2O. The van der Waals surface area contributed by atoms with E-state index in [0.29, 0.717) is 0 Å². The van der Waals surface area contributed by atoms with Crippen LogP contribution in [0.1, 0.15) is 52.4 Å². The molecule has 0 aromatic carbocycles. The Labute approximate surface area is 81.0 Å². The molecule has 0 aromatic rings. The van der Waals surface area contributed by atoms with Crippen molar-refractivity contribution in [2.75, 3.05) is 0 Å². The van der Waals surface area contributed by atoms with Crippen molar-refractivity contribution in [2.45, 2.75) is 52.4 Å². The number of hydrogen-bond acceptors (Lipinski definition) is 2. The Morgan fingerprint density at radius 1 is 1.31 bits per heavy atom. The SMILES string of the molecule is CCCCCCCC(C)C(=O)NN. The summed E-state index contributed by atoms with van der Waals surface area (Å²) in [4.78, 5) is 11.0. The summed E-state index contributed by atoms with van der Waals surface area (Å²) in [5, 5.41) is 0. The van der Waals surface area contributed by atoms with Crippen LogP contribution in [0.5, 0.6) is 0 Å². The second-order valence-corrected chi connectivity index (χ2v) is 3.61. The predicted octanol–water partition coefficient (Wildman–Crippen LogP) is 1.97. The maximum absolute atomic E-state index is 11.0. The second-order valence-electron chi connectivity index (χ2n) is 3.61. The third kappa shape index (κ3) is 6.58. The maximum atomic E-state index is 11.0. The van der Waals surface area contributed by atoms with E-state index in [0.717, 1.165) is 12.8 Å². The molecule has 0 radical (unpaired) electrons. The summed E-state index contributed by atoms with van der Waals surface area (Å²) in [6.07, 6.45) is 7.17. The van der Waals surface area contributed by atoms with E-state index in [4.69, 9.17) is 5.84 Å². The zero-order valence-corrected chi connectivity index (χ0v) is 8.81. The van der Waals surface area contributed by atoms with Crippen LogP contribution in [0.2, 0.25) is 0 Å². The number of amides is 1. The van der Waals surface area contributed by atoms with Crippen LogP contribution in [-0.4, -0.2) is 5.91 Å². The lowest BCUT2D eigenvalue weighted by Gasteiger charge is -2.08. The molecule has 0 aromatic heterocycles. The van der Waals surface area contributed by atoms with Gasteiger partial charge in [-0.2, -0.15) is 0 Å². The Morgan fingerprint density at radius 3 is 2.46 bits per heavy atom. The van der Waals surface area contributed by atoms with Crippen LogP contribution in [0.3, 0.4) is 0 Å². The van der Waals surface area contributed by atoms with Gasteiger partial charge < -0.3 is 0 Å². The monoisotopic (exact) mass is 186 g/mol. The first-order valence-corrected chi connectivity index (χ1v) is 5.22. The quantitative estimate of drug-likeness (QED) is 0.276. The Hall–Kier alpha value is -0.570. The Balaban J connectivity index is 3.26. The van der Waals surface area contributed by atoms with Crippen molar-refractivity contribution in [1.82, 2.24) is 5.43 Å². The molecule has 0 aliphatic heterocycles. The second kappa shape index (κ2) is 8.05. The number of unbranched alkanes of at least 4 members (excludes halogenated alkanes) is 4. The first kappa shape index (κ1) is 12.4. The summed E-state index contributed by atoms with van der Waals surface area (Å²) < 4.78 is 0. The van der Waals surface area contributed by atoms with Gasteiger partial charge in [0, 0.05) is 5.92 Å². The molecule has 0 bridgehead atoms. The van der Waals surface area contributed by atoms with E-state index in [1.165, 1.54) is 25.7 Å². The predicted molar refractivity (Wildman–Crippen MR) is 54.9 cm³/mol. The van der Waals surface area contributed by atoms with Gasteiger partial charge >= 0.3 is 0 Å². The highest BCUT2D eigenvalue weighted by Gasteiger charge is 2.09. The molecule has 1 amide bonds. The highest BCUT2D eigenvalue weighted by molar-refractivity contribution is 5.77. The molecule has 0 saturated carbocycles. The van der Waals surface area contributed by atoms with Crippen molar-refractivity contribution < 1.29 is 4.79 Å². The summed E-state index contributed by atoms with van der Waals surface area (Å²) in [5.41, 5.74) is 2.18. The lowest BCUT2D eigenvalue weighted by molar-refractivity contribution is -0.124. The van der Waals surface area contributed by atoms with E-state index in [1.807, 2.05) is 6.92 Å². The number of nitrogens with two attached hydrogens (primary N) is 1. The molecule has 3 heteroatoms. The highest BCUT2D eigenvalue weighted by atomic mass is 16.2. The minimum Gasteiger partial charge on any atom is -0.294 e. The van der Waals surface area contributed by atoms with Crippen LogP contribution in [0.25, 0.3) is 0 Å². The molecular weight excluding hydrogens is 164 g/mol. The summed E-state index contributed by atoms with van der Waals surface area (Å²) in [6.45, 7) is 4.12. The third-order valence-electron chi connectivity index (χ3n) is 2.33. The van der Waals surface area contributed by atoms with Crippen molar-refractivity contribution in [3.63, 3.8) is 0 Å². The van der Waals surface area contributed by atoms with E-state index < -0.39 is 0 Å².